The second kappa shape index (κ2) is 15.3. The second-order valence-corrected chi connectivity index (χ2v) is 13.2. The molecule has 0 fully saturated rings. The van der Waals surface area contributed by atoms with E-state index in [2.05, 4.69) is 169 Å². The summed E-state index contributed by atoms with van der Waals surface area (Å²) in [5.74, 6) is 0. The number of hydrogen-bond acceptors (Lipinski definition) is 3. The van der Waals surface area contributed by atoms with Crippen molar-refractivity contribution in [2.45, 2.75) is 13.8 Å². The third-order valence-corrected chi connectivity index (χ3v) is 9.51. The van der Waals surface area contributed by atoms with Crippen molar-refractivity contribution in [3.05, 3.63) is 206 Å². The van der Waals surface area contributed by atoms with Gasteiger partial charge in [-0.25, -0.2) is 9.97 Å². The summed E-state index contributed by atoms with van der Waals surface area (Å²) in [5.41, 5.74) is 14.8. The van der Waals surface area contributed by atoms with Crippen LogP contribution in [0.3, 0.4) is 0 Å². The standard InChI is InChI=1S/C47H34N4.C3H6/c1-33-32-38-14-8-11-19-45(38)50(33)40-26-20-34(21-27-40)35-22-28-41(29-23-35)51(39-15-6-3-7-16-39)42-30-24-37(25-31-42)47-46(36-12-4-2-5-13-36)48-43-17-9-10-18-44(43)49-47;1-3-2/h2-32H,1H3;3H,1H2,2H3. The number of fused-ring (bicyclic) bond motifs is 2. The first-order chi connectivity index (χ1) is 26.6. The number of rotatable bonds is 7. The summed E-state index contributed by atoms with van der Waals surface area (Å²) in [6, 6.07) is 66.0. The number of hydrogen-bond donors (Lipinski definition) is 0. The summed E-state index contributed by atoms with van der Waals surface area (Å²) >= 11 is 0. The van der Waals surface area contributed by atoms with Crippen molar-refractivity contribution in [2.75, 3.05) is 4.90 Å². The van der Waals surface area contributed by atoms with Gasteiger partial charge in [-0.15, -0.1) is 6.58 Å². The predicted octanol–water partition coefficient (Wildman–Crippen LogP) is 13.5. The molecule has 0 amide bonds. The molecule has 0 aliphatic rings. The van der Waals surface area contributed by atoms with E-state index in [4.69, 9.17) is 9.97 Å². The molecule has 9 aromatic rings. The van der Waals surface area contributed by atoms with Crippen LogP contribution in [0.5, 0.6) is 0 Å². The molecule has 0 N–H and O–H groups in total. The molecule has 9 rings (SSSR count). The molecule has 4 heteroatoms. The topological polar surface area (TPSA) is 34.0 Å². The number of allylic oxidation sites excluding steroid dienone is 1. The van der Waals surface area contributed by atoms with Crippen molar-refractivity contribution in [1.82, 2.24) is 14.5 Å². The van der Waals surface area contributed by atoms with Gasteiger partial charge >= 0.3 is 0 Å². The summed E-state index contributed by atoms with van der Waals surface area (Å²) in [7, 11) is 0. The van der Waals surface area contributed by atoms with E-state index in [1.165, 1.54) is 33.4 Å². The van der Waals surface area contributed by atoms with E-state index in [0.29, 0.717) is 0 Å². The second-order valence-electron chi connectivity index (χ2n) is 13.2. The molecule has 260 valence electrons. The zero-order valence-electron chi connectivity index (χ0n) is 30.5. The molecule has 2 heterocycles. The van der Waals surface area contributed by atoms with Crippen molar-refractivity contribution in [3.8, 4) is 39.3 Å². The number of aryl methyl sites for hydroxylation is 1. The molecule has 0 atom stereocenters. The van der Waals surface area contributed by atoms with E-state index in [1.54, 1.807) is 6.08 Å². The quantitative estimate of drug-likeness (QED) is 0.156. The van der Waals surface area contributed by atoms with E-state index >= 15 is 0 Å². The molecule has 0 bridgehead atoms. The van der Waals surface area contributed by atoms with Crippen molar-refractivity contribution < 1.29 is 0 Å². The number of para-hydroxylation sites is 4. The molecular formula is C50H40N4. The number of anilines is 3. The van der Waals surface area contributed by atoms with Crippen LogP contribution in [0.1, 0.15) is 12.6 Å². The van der Waals surface area contributed by atoms with Crippen molar-refractivity contribution in [1.29, 1.82) is 0 Å². The highest BCUT2D eigenvalue weighted by Gasteiger charge is 2.16. The number of nitrogens with zero attached hydrogens (tertiary/aromatic N) is 4. The maximum absolute atomic E-state index is 5.11. The Morgan fingerprint density at radius 3 is 1.48 bits per heavy atom. The van der Waals surface area contributed by atoms with Gasteiger partial charge in [0.2, 0.25) is 0 Å². The Morgan fingerprint density at radius 1 is 0.481 bits per heavy atom. The molecule has 0 aliphatic heterocycles. The largest absolute Gasteiger partial charge is 0.314 e. The fraction of sp³-hybridized carbons (Fsp3) is 0.0400. The fourth-order valence-electron chi connectivity index (χ4n) is 7.03. The Morgan fingerprint density at radius 2 is 0.907 bits per heavy atom. The van der Waals surface area contributed by atoms with E-state index in [1.807, 2.05) is 49.4 Å². The van der Waals surface area contributed by atoms with Crippen molar-refractivity contribution >= 4 is 39.0 Å². The van der Waals surface area contributed by atoms with Crippen LogP contribution in [-0.2, 0) is 0 Å². The lowest BCUT2D eigenvalue weighted by atomic mass is 10.0. The molecule has 0 saturated heterocycles. The molecular weight excluding hydrogens is 657 g/mol. The molecule has 0 saturated carbocycles. The third-order valence-electron chi connectivity index (χ3n) is 9.51. The molecule has 0 spiro atoms. The van der Waals surface area contributed by atoms with Gasteiger partial charge in [0.1, 0.15) is 0 Å². The number of benzene rings is 7. The maximum Gasteiger partial charge on any atom is 0.0973 e. The Labute approximate surface area is 317 Å². The average Bonchev–Trinajstić information content (AvgIpc) is 3.57. The summed E-state index contributed by atoms with van der Waals surface area (Å²) in [4.78, 5) is 12.5. The lowest BCUT2D eigenvalue weighted by Gasteiger charge is -2.26. The van der Waals surface area contributed by atoms with Crippen LogP contribution in [-0.4, -0.2) is 14.5 Å². The molecule has 0 radical (unpaired) electrons. The van der Waals surface area contributed by atoms with Crippen LogP contribution in [0.15, 0.2) is 201 Å². The molecule has 54 heavy (non-hydrogen) atoms. The SMILES string of the molecule is C=CC.Cc1cc2ccccc2n1-c1ccc(-c2ccc(N(c3ccccc3)c3ccc(-c4nc5ccccc5nc4-c4ccccc4)cc3)cc2)cc1. The zero-order valence-corrected chi connectivity index (χ0v) is 30.5. The summed E-state index contributed by atoms with van der Waals surface area (Å²) < 4.78 is 2.32. The van der Waals surface area contributed by atoms with Crippen LogP contribution in [0.25, 0.3) is 61.3 Å². The average molecular weight is 697 g/mol. The van der Waals surface area contributed by atoms with Crippen molar-refractivity contribution in [3.63, 3.8) is 0 Å². The van der Waals surface area contributed by atoms with E-state index in [-0.39, 0.29) is 0 Å². The highest BCUT2D eigenvalue weighted by atomic mass is 15.1. The van der Waals surface area contributed by atoms with Crippen molar-refractivity contribution in [2.24, 2.45) is 0 Å². The molecule has 7 aromatic carbocycles. The van der Waals surface area contributed by atoms with Gasteiger partial charge in [-0.2, -0.15) is 0 Å². The first kappa shape index (κ1) is 34.1. The highest BCUT2D eigenvalue weighted by Crippen LogP contribution is 2.38. The lowest BCUT2D eigenvalue weighted by Crippen LogP contribution is -2.09. The summed E-state index contributed by atoms with van der Waals surface area (Å²) in [6.45, 7) is 7.41. The third kappa shape index (κ3) is 6.81. The fourth-order valence-corrected chi connectivity index (χ4v) is 7.03. The van der Waals surface area contributed by atoms with Crippen LogP contribution in [0.2, 0.25) is 0 Å². The monoisotopic (exact) mass is 696 g/mol. The Kier molecular flexibility index (Phi) is 9.64. The first-order valence-electron chi connectivity index (χ1n) is 18.2. The van der Waals surface area contributed by atoms with Gasteiger partial charge in [-0.3, -0.25) is 0 Å². The van der Waals surface area contributed by atoms with Crippen LogP contribution < -0.4 is 4.90 Å². The minimum Gasteiger partial charge on any atom is -0.314 e. The smallest absolute Gasteiger partial charge is 0.0973 e. The highest BCUT2D eigenvalue weighted by molar-refractivity contribution is 5.88. The Bertz CT molecular complexity index is 2660. The minimum atomic E-state index is 0.869. The normalized spacial score (nSPS) is 10.9. The van der Waals surface area contributed by atoms with Gasteiger partial charge in [-0.05, 0) is 97.8 Å². The van der Waals surface area contributed by atoms with E-state index in [9.17, 15) is 0 Å². The molecule has 0 aliphatic carbocycles. The summed E-state index contributed by atoms with van der Waals surface area (Å²) in [5, 5.41) is 1.26. The first-order valence-corrected chi connectivity index (χ1v) is 18.2. The van der Waals surface area contributed by atoms with Gasteiger partial charge < -0.3 is 9.47 Å². The maximum atomic E-state index is 5.11. The Balaban J connectivity index is 0.00000134. The lowest BCUT2D eigenvalue weighted by molar-refractivity contribution is 1.05. The van der Waals surface area contributed by atoms with E-state index in [0.717, 1.165) is 50.6 Å². The minimum absolute atomic E-state index is 0.869. The van der Waals surface area contributed by atoms with E-state index < -0.39 is 0 Å². The molecule has 0 unspecified atom stereocenters. The Hall–Kier alpha value is -7.04. The van der Waals surface area contributed by atoms with Gasteiger partial charge in [0, 0.05) is 45.0 Å². The van der Waals surface area contributed by atoms with Crippen LogP contribution in [0, 0.1) is 6.92 Å². The predicted molar refractivity (Wildman–Crippen MR) is 228 cm³/mol. The van der Waals surface area contributed by atoms with Gasteiger partial charge in [-0.1, -0.05) is 121 Å². The van der Waals surface area contributed by atoms with Gasteiger partial charge in [0.05, 0.1) is 27.9 Å². The zero-order chi connectivity index (χ0) is 36.9. The number of aromatic nitrogens is 3. The van der Waals surface area contributed by atoms with Gasteiger partial charge in [0.15, 0.2) is 0 Å². The molecule has 2 aromatic heterocycles. The summed E-state index contributed by atoms with van der Waals surface area (Å²) in [6.07, 6.45) is 1.75. The van der Waals surface area contributed by atoms with Crippen LogP contribution in [0.4, 0.5) is 17.1 Å². The van der Waals surface area contributed by atoms with Gasteiger partial charge in [0.25, 0.3) is 0 Å². The van der Waals surface area contributed by atoms with Crippen LogP contribution >= 0.6 is 0 Å². The molecule has 4 nitrogen and oxygen atoms in total.